The lowest BCUT2D eigenvalue weighted by Crippen LogP contribution is -2.28. The largest absolute Gasteiger partial charge is 0.348 e. The number of nitrogens with zero attached hydrogens (tertiary/aromatic N) is 3. The van der Waals surface area contributed by atoms with Gasteiger partial charge >= 0.3 is 5.69 Å². The van der Waals surface area contributed by atoms with Gasteiger partial charge in [0.1, 0.15) is 0 Å². The molecule has 1 saturated heterocycles. The summed E-state index contributed by atoms with van der Waals surface area (Å²) >= 11 is 0. The topological polar surface area (TPSA) is 71.0 Å². The Bertz CT molecular complexity index is 638. The molecule has 0 aliphatic carbocycles. The third kappa shape index (κ3) is 2.16. The number of carbonyl (C=O) groups excluding carboxylic acids is 1. The summed E-state index contributed by atoms with van der Waals surface area (Å²) in [5.74, 6) is -0.0972. The van der Waals surface area contributed by atoms with Crippen LogP contribution in [0.2, 0.25) is 0 Å². The Morgan fingerprint density at radius 1 is 1.16 bits per heavy atom. The van der Waals surface area contributed by atoms with Gasteiger partial charge in [0.2, 0.25) is 5.82 Å². The number of aromatic amines is 1. The van der Waals surface area contributed by atoms with Crippen LogP contribution < -0.4 is 5.69 Å². The predicted octanol–water partition coefficient (Wildman–Crippen LogP) is 0.797. The summed E-state index contributed by atoms with van der Waals surface area (Å²) in [6.07, 6.45) is 2.02. The Hall–Kier alpha value is -2.37. The fourth-order valence-electron chi connectivity index (χ4n) is 2.24. The molecule has 1 aromatic carbocycles. The van der Waals surface area contributed by atoms with E-state index in [0.29, 0.717) is 5.69 Å². The standard InChI is InChI=1S/C13H14N4O2/c18-12(16-8-4-5-9-16)11-14-13(19)17(15-11)10-6-2-1-3-7-10/h1-3,6-7H,4-5,8-9H2,(H,14,15,19). The van der Waals surface area contributed by atoms with Crippen molar-refractivity contribution in [1.82, 2.24) is 19.7 Å². The van der Waals surface area contributed by atoms with Gasteiger partial charge in [-0.3, -0.25) is 9.78 Å². The minimum Gasteiger partial charge on any atom is -0.336 e. The normalized spacial score (nSPS) is 14.8. The SMILES string of the molecule is O=C(c1nn(-c2ccccc2)c(=O)[nH]1)N1CCCC1. The van der Waals surface area contributed by atoms with Crippen molar-refractivity contribution >= 4 is 5.91 Å². The highest BCUT2D eigenvalue weighted by Crippen LogP contribution is 2.10. The predicted molar refractivity (Wildman–Crippen MR) is 69.3 cm³/mol. The van der Waals surface area contributed by atoms with Gasteiger partial charge in [-0.25, -0.2) is 4.79 Å². The van der Waals surface area contributed by atoms with Crippen LogP contribution in [0, 0.1) is 0 Å². The van der Waals surface area contributed by atoms with Crippen molar-refractivity contribution in [1.29, 1.82) is 0 Å². The summed E-state index contributed by atoms with van der Waals surface area (Å²) in [5.41, 5.74) is 0.248. The molecule has 1 aliphatic rings. The zero-order valence-electron chi connectivity index (χ0n) is 10.4. The van der Waals surface area contributed by atoms with Gasteiger partial charge in [-0.1, -0.05) is 18.2 Å². The molecule has 1 aromatic heterocycles. The van der Waals surface area contributed by atoms with Gasteiger partial charge in [-0.2, -0.15) is 4.68 Å². The van der Waals surface area contributed by atoms with E-state index in [1.54, 1.807) is 17.0 Å². The second-order valence-electron chi connectivity index (χ2n) is 4.53. The Labute approximate surface area is 109 Å². The molecule has 2 aromatic rings. The minimum atomic E-state index is -0.395. The molecule has 1 fully saturated rings. The number of hydrogen-bond acceptors (Lipinski definition) is 3. The number of carbonyl (C=O) groups is 1. The molecule has 6 heteroatoms. The molecule has 6 nitrogen and oxygen atoms in total. The molecule has 0 bridgehead atoms. The van der Waals surface area contributed by atoms with E-state index in [2.05, 4.69) is 10.1 Å². The highest BCUT2D eigenvalue weighted by atomic mass is 16.2. The molecule has 0 atom stereocenters. The number of benzene rings is 1. The van der Waals surface area contributed by atoms with Gasteiger partial charge in [0.15, 0.2) is 0 Å². The van der Waals surface area contributed by atoms with Crippen LogP contribution in [0.3, 0.4) is 0 Å². The average Bonchev–Trinajstić information content (AvgIpc) is 3.08. The summed E-state index contributed by atoms with van der Waals surface area (Å²) in [6, 6.07) is 9.03. The van der Waals surface area contributed by atoms with Crippen molar-refractivity contribution in [3.8, 4) is 5.69 Å². The third-order valence-electron chi connectivity index (χ3n) is 3.21. The summed E-state index contributed by atoms with van der Waals surface area (Å²) in [5, 5.41) is 4.08. The fourth-order valence-corrected chi connectivity index (χ4v) is 2.24. The smallest absolute Gasteiger partial charge is 0.336 e. The molecule has 19 heavy (non-hydrogen) atoms. The zero-order chi connectivity index (χ0) is 13.2. The fraction of sp³-hybridized carbons (Fsp3) is 0.308. The first-order valence-electron chi connectivity index (χ1n) is 6.30. The number of hydrogen-bond donors (Lipinski definition) is 1. The van der Waals surface area contributed by atoms with Gasteiger partial charge in [-0.15, -0.1) is 5.10 Å². The maximum absolute atomic E-state index is 12.1. The molecule has 0 saturated carbocycles. The molecule has 1 aliphatic heterocycles. The van der Waals surface area contributed by atoms with Crippen molar-refractivity contribution in [3.63, 3.8) is 0 Å². The quantitative estimate of drug-likeness (QED) is 0.866. The van der Waals surface area contributed by atoms with E-state index in [-0.39, 0.29) is 11.7 Å². The van der Waals surface area contributed by atoms with Crippen molar-refractivity contribution < 1.29 is 4.79 Å². The summed E-state index contributed by atoms with van der Waals surface area (Å²) in [4.78, 5) is 28.2. The van der Waals surface area contributed by atoms with Crippen LogP contribution in [-0.4, -0.2) is 38.7 Å². The van der Waals surface area contributed by atoms with Crippen molar-refractivity contribution in [2.45, 2.75) is 12.8 Å². The molecule has 98 valence electrons. The number of rotatable bonds is 2. The lowest BCUT2D eigenvalue weighted by Gasteiger charge is -2.12. The van der Waals surface area contributed by atoms with E-state index >= 15 is 0 Å². The van der Waals surface area contributed by atoms with Crippen molar-refractivity contribution in [2.75, 3.05) is 13.1 Å². The van der Waals surface area contributed by atoms with Crippen LogP contribution in [0.4, 0.5) is 0 Å². The molecule has 1 amide bonds. The molecule has 0 unspecified atom stereocenters. The van der Waals surface area contributed by atoms with Gasteiger partial charge in [0, 0.05) is 13.1 Å². The Morgan fingerprint density at radius 3 is 2.53 bits per heavy atom. The zero-order valence-corrected chi connectivity index (χ0v) is 10.4. The maximum Gasteiger partial charge on any atom is 0.348 e. The number of aromatic nitrogens is 3. The van der Waals surface area contributed by atoms with Gasteiger partial charge in [0.25, 0.3) is 5.91 Å². The minimum absolute atomic E-state index is 0.107. The molecule has 3 rings (SSSR count). The summed E-state index contributed by atoms with van der Waals surface area (Å²) < 4.78 is 1.21. The van der Waals surface area contributed by atoms with Gasteiger partial charge in [0.05, 0.1) is 5.69 Å². The Balaban J connectivity index is 1.93. The molecular weight excluding hydrogens is 244 g/mol. The highest BCUT2D eigenvalue weighted by Gasteiger charge is 2.23. The van der Waals surface area contributed by atoms with Crippen molar-refractivity contribution in [2.24, 2.45) is 0 Å². The maximum atomic E-state index is 12.1. The van der Waals surface area contributed by atoms with Crippen LogP contribution >= 0.6 is 0 Å². The van der Waals surface area contributed by atoms with E-state index in [9.17, 15) is 9.59 Å². The van der Waals surface area contributed by atoms with Crippen LogP contribution in [0.1, 0.15) is 23.5 Å². The Morgan fingerprint density at radius 2 is 1.84 bits per heavy atom. The van der Waals surface area contributed by atoms with Crippen LogP contribution in [0.25, 0.3) is 5.69 Å². The van der Waals surface area contributed by atoms with E-state index < -0.39 is 5.69 Å². The van der Waals surface area contributed by atoms with E-state index in [1.165, 1.54) is 4.68 Å². The van der Waals surface area contributed by atoms with Gasteiger partial charge in [-0.05, 0) is 25.0 Å². The summed E-state index contributed by atoms with van der Waals surface area (Å²) in [7, 11) is 0. The second-order valence-corrected chi connectivity index (χ2v) is 4.53. The number of nitrogens with one attached hydrogen (secondary N) is 1. The average molecular weight is 258 g/mol. The number of likely N-dealkylation sites (tertiary alicyclic amines) is 1. The van der Waals surface area contributed by atoms with E-state index in [0.717, 1.165) is 25.9 Å². The molecule has 0 radical (unpaired) electrons. The first-order chi connectivity index (χ1) is 9.25. The second kappa shape index (κ2) is 4.72. The molecule has 0 spiro atoms. The molecular formula is C13H14N4O2. The van der Waals surface area contributed by atoms with Crippen LogP contribution in [-0.2, 0) is 0 Å². The van der Waals surface area contributed by atoms with E-state index in [1.807, 2.05) is 18.2 Å². The van der Waals surface area contributed by atoms with Crippen LogP contribution in [0.15, 0.2) is 35.1 Å². The number of amides is 1. The number of H-pyrrole nitrogens is 1. The first kappa shape index (κ1) is 11.7. The van der Waals surface area contributed by atoms with Crippen molar-refractivity contribution in [3.05, 3.63) is 46.6 Å². The number of para-hydroxylation sites is 1. The first-order valence-corrected chi connectivity index (χ1v) is 6.30. The monoisotopic (exact) mass is 258 g/mol. The molecule has 1 N–H and O–H groups in total. The summed E-state index contributed by atoms with van der Waals surface area (Å²) in [6.45, 7) is 1.47. The lowest BCUT2D eigenvalue weighted by molar-refractivity contribution is 0.0781. The third-order valence-corrected chi connectivity index (χ3v) is 3.21. The van der Waals surface area contributed by atoms with Gasteiger partial charge < -0.3 is 4.90 Å². The van der Waals surface area contributed by atoms with E-state index in [4.69, 9.17) is 0 Å². The molecule has 2 heterocycles. The lowest BCUT2D eigenvalue weighted by atomic mass is 10.3. The highest BCUT2D eigenvalue weighted by molar-refractivity contribution is 5.90. The van der Waals surface area contributed by atoms with Crippen LogP contribution in [0.5, 0.6) is 0 Å². The Kier molecular flexibility index (Phi) is 2.91.